The number of alkyl halides is 1. The molecule has 1 aromatic heterocycles. The Bertz CT molecular complexity index is 427. The van der Waals surface area contributed by atoms with E-state index in [1.54, 1.807) is 0 Å². The number of halogens is 2. The summed E-state index contributed by atoms with van der Waals surface area (Å²) >= 11 is 11.0. The third-order valence-electron chi connectivity index (χ3n) is 1.67. The van der Waals surface area contributed by atoms with Crippen molar-refractivity contribution in [2.45, 2.75) is 6.54 Å². The van der Waals surface area contributed by atoms with E-state index in [1.165, 1.54) is 10.8 Å². The minimum absolute atomic E-state index is 0.0213. The number of H-pyrrole nitrogens is 1. The molecule has 84 valence electrons. The van der Waals surface area contributed by atoms with Crippen LogP contribution in [0.1, 0.15) is 0 Å². The molecule has 1 aromatic rings. The van der Waals surface area contributed by atoms with Crippen molar-refractivity contribution in [1.82, 2.24) is 9.55 Å². The average molecular weight is 253 g/mol. The fourth-order valence-electron chi connectivity index (χ4n) is 0.968. The van der Waals surface area contributed by atoms with Crippen LogP contribution >= 0.6 is 23.2 Å². The summed E-state index contributed by atoms with van der Waals surface area (Å²) in [6.45, 7) is 1.09. The SMILES string of the molecule is O=c1[nH]c(=O)n(CCOCCCl)cc1Cl. The van der Waals surface area contributed by atoms with Gasteiger partial charge in [0.15, 0.2) is 0 Å². The molecule has 0 bridgehead atoms. The highest BCUT2D eigenvalue weighted by atomic mass is 35.5. The summed E-state index contributed by atoms with van der Waals surface area (Å²) in [5.41, 5.74) is -1.08. The zero-order valence-corrected chi connectivity index (χ0v) is 9.35. The van der Waals surface area contributed by atoms with Crippen LogP contribution in [-0.2, 0) is 11.3 Å². The number of rotatable bonds is 5. The lowest BCUT2D eigenvalue weighted by Crippen LogP contribution is -2.30. The quantitative estimate of drug-likeness (QED) is 0.612. The molecular formula is C8H10Cl2N2O3. The van der Waals surface area contributed by atoms with E-state index in [0.29, 0.717) is 25.6 Å². The first kappa shape index (κ1) is 12.3. The number of hydrogen-bond acceptors (Lipinski definition) is 3. The van der Waals surface area contributed by atoms with E-state index in [9.17, 15) is 9.59 Å². The lowest BCUT2D eigenvalue weighted by Gasteiger charge is -2.05. The van der Waals surface area contributed by atoms with Gasteiger partial charge < -0.3 is 4.74 Å². The van der Waals surface area contributed by atoms with E-state index in [2.05, 4.69) is 4.98 Å². The summed E-state index contributed by atoms with van der Waals surface area (Å²) in [4.78, 5) is 24.2. The highest BCUT2D eigenvalue weighted by Gasteiger charge is 2.01. The van der Waals surface area contributed by atoms with Gasteiger partial charge in [-0.25, -0.2) is 4.79 Å². The molecule has 0 aliphatic carbocycles. The van der Waals surface area contributed by atoms with Crippen molar-refractivity contribution in [2.24, 2.45) is 0 Å². The van der Waals surface area contributed by atoms with Crippen LogP contribution in [0.4, 0.5) is 0 Å². The molecule has 0 fully saturated rings. The molecule has 0 spiro atoms. The van der Waals surface area contributed by atoms with Crippen LogP contribution in [0.2, 0.25) is 5.02 Å². The molecule has 0 saturated carbocycles. The molecule has 0 amide bonds. The topological polar surface area (TPSA) is 64.1 Å². The lowest BCUT2D eigenvalue weighted by molar-refractivity contribution is 0.139. The second kappa shape index (κ2) is 5.95. The van der Waals surface area contributed by atoms with Crippen LogP contribution in [0.25, 0.3) is 0 Å². The van der Waals surface area contributed by atoms with Crippen molar-refractivity contribution in [2.75, 3.05) is 19.1 Å². The van der Waals surface area contributed by atoms with Gasteiger partial charge in [0.1, 0.15) is 5.02 Å². The summed E-state index contributed by atoms with van der Waals surface area (Å²) in [7, 11) is 0. The van der Waals surface area contributed by atoms with E-state index >= 15 is 0 Å². The molecule has 0 aliphatic heterocycles. The zero-order valence-electron chi connectivity index (χ0n) is 7.83. The fourth-order valence-corrected chi connectivity index (χ4v) is 1.24. The van der Waals surface area contributed by atoms with Crippen LogP contribution in [0.15, 0.2) is 15.8 Å². The molecule has 0 aromatic carbocycles. The van der Waals surface area contributed by atoms with Crippen LogP contribution in [-0.4, -0.2) is 28.6 Å². The molecule has 0 radical (unpaired) electrons. The molecule has 0 saturated heterocycles. The van der Waals surface area contributed by atoms with E-state index in [-0.39, 0.29) is 5.02 Å². The number of hydrogen-bond donors (Lipinski definition) is 1. The number of nitrogens with zero attached hydrogens (tertiary/aromatic N) is 1. The second-order valence-corrected chi connectivity index (χ2v) is 3.52. The highest BCUT2D eigenvalue weighted by molar-refractivity contribution is 6.30. The summed E-state index contributed by atoms with van der Waals surface area (Å²) in [6, 6.07) is 0. The molecular weight excluding hydrogens is 243 g/mol. The monoisotopic (exact) mass is 252 g/mol. The van der Waals surface area contributed by atoms with Crippen LogP contribution in [0, 0.1) is 0 Å². The first-order chi connectivity index (χ1) is 7.15. The van der Waals surface area contributed by atoms with Gasteiger partial charge in [0.25, 0.3) is 5.56 Å². The average Bonchev–Trinajstić information content (AvgIpc) is 2.20. The van der Waals surface area contributed by atoms with E-state index in [1.807, 2.05) is 0 Å². The normalized spacial score (nSPS) is 10.5. The largest absolute Gasteiger partial charge is 0.378 e. The van der Waals surface area contributed by atoms with Gasteiger partial charge >= 0.3 is 5.69 Å². The first-order valence-electron chi connectivity index (χ1n) is 4.28. The van der Waals surface area contributed by atoms with Gasteiger partial charge in [-0.15, -0.1) is 11.6 Å². The maximum atomic E-state index is 11.2. The van der Waals surface area contributed by atoms with Crippen molar-refractivity contribution in [3.05, 3.63) is 32.1 Å². The minimum atomic E-state index is -0.584. The highest BCUT2D eigenvalue weighted by Crippen LogP contribution is 1.95. The van der Waals surface area contributed by atoms with Crippen molar-refractivity contribution < 1.29 is 4.74 Å². The molecule has 0 unspecified atom stereocenters. The van der Waals surface area contributed by atoms with E-state index in [4.69, 9.17) is 27.9 Å². The van der Waals surface area contributed by atoms with Crippen molar-refractivity contribution in [1.29, 1.82) is 0 Å². The third kappa shape index (κ3) is 3.70. The second-order valence-electron chi connectivity index (χ2n) is 2.73. The van der Waals surface area contributed by atoms with Crippen molar-refractivity contribution in [3.8, 4) is 0 Å². The number of ether oxygens (including phenoxy) is 1. The Morgan fingerprint density at radius 3 is 2.80 bits per heavy atom. The first-order valence-corrected chi connectivity index (χ1v) is 5.19. The summed E-state index contributed by atoms with van der Waals surface area (Å²) in [5.74, 6) is 0.404. The van der Waals surface area contributed by atoms with Gasteiger partial charge in [-0.3, -0.25) is 14.3 Å². The molecule has 1 N–H and O–H groups in total. The molecule has 7 heteroatoms. The van der Waals surface area contributed by atoms with Crippen LogP contribution in [0.3, 0.4) is 0 Å². The standard InChI is InChI=1S/C8H10Cl2N2O3/c9-1-3-15-4-2-12-5-6(10)7(13)11-8(12)14/h5H,1-4H2,(H,11,13,14). The smallest absolute Gasteiger partial charge is 0.328 e. The van der Waals surface area contributed by atoms with Gasteiger partial charge in [-0.05, 0) is 0 Å². The number of aromatic amines is 1. The maximum Gasteiger partial charge on any atom is 0.328 e. The molecule has 0 aliphatic rings. The van der Waals surface area contributed by atoms with Gasteiger partial charge in [-0.1, -0.05) is 11.6 Å². The van der Waals surface area contributed by atoms with Crippen molar-refractivity contribution in [3.63, 3.8) is 0 Å². The van der Waals surface area contributed by atoms with Gasteiger partial charge in [-0.2, -0.15) is 0 Å². The van der Waals surface area contributed by atoms with Crippen molar-refractivity contribution >= 4 is 23.2 Å². The Morgan fingerprint density at radius 1 is 1.40 bits per heavy atom. The molecule has 5 nitrogen and oxygen atoms in total. The Kier molecular flexibility index (Phi) is 4.87. The zero-order chi connectivity index (χ0) is 11.3. The van der Waals surface area contributed by atoms with Gasteiger partial charge in [0, 0.05) is 12.1 Å². The summed E-state index contributed by atoms with van der Waals surface area (Å²) in [5, 5.41) is -0.0213. The van der Waals surface area contributed by atoms with Crippen LogP contribution < -0.4 is 11.2 Å². The lowest BCUT2D eigenvalue weighted by atomic mass is 10.6. The van der Waals surface area contributed by atoms with E-state index in [0.717, 1.165) is 0 Å². The summed E-state index contributed by atoms with van der Waals surface area (Å²) in [6.07, 6.45) is 1.28. The summed E-state index contributed by atoms with van der Waals surface area (Å²) < 4.78 is 6.36. The Hall–Kier alpha value is -0.780. The third-order valence-corrected chi connectivity index (χ3v) is 2.09. The van der Waals surface area contributed by atoms with E-state index < -0.39 is 11.2 Å². The Morgan fingerprint density at radius 2 is 2.13 bits per heavy atom. The fraction of sp³-hybridized carbons (Fsp3) is 0.500. The number of nitrogens with one attached hydrogen (secondary N) is 1. The minimum Gasteiger partial charge on any atom is -0.378 e. The number of aromatic nitrogens is 2. The van der Waals surface area contributed by atoms with Gasteiger partial charge in [0.05, 0.1) is 19.8 Å². The molecule has 0 atom stereocenters. The molecule has 15 heavy (non-hydrogen) atoms. The Labute approximate surface area is 95.6 Å². The molecule has 1 heterocycles. The predicted molar refractivity (Wildman–Crippen MR) is 57.9 cm³/mol. The van der Waals surface area contributed by atoms with Gasteiger partial charge in [0.2, 0.25) is 0 Å². The molecule has 1 rings (SSSR count). The predicted octanol–water partition coefficient (Wildman–Crippen LogP) is 0.445. The Balaban J connectivity index is 2.66. The van der Waals surface area contributed by atoms with Crippen LogP contribution in [0.5, 0.6) is 0 Å². The maximum absolute atomic E-state index is 11.2.